The van der Waals surface area contributed by atoms with E-state index in [4.69, 9.17) is 39.5 Å². The lowest BCUT2D eigenvalue weighted by Crippen LogP contribution is -2.32. The number of carbonyl (C=O) groups excluding carboxylic acids is 1. The Morgan fingerprint density at radius 3 is 2.44 bits per heavy atom. The summed E-state index contributed by atoms with van der Waals surface area (Å²) in [6, 6.07) is 15.4. The van der Waals surface area contributed by atoms with Crippen molar-refractivity contribution >= 4 is 52.0 Å². The maximum atomic E-state index is 12.8. The minimum absolute atomic E-state index is 0.480. The summed E-state index contributed by atoms with van der Waals surface area (Å²) in [5, 5.41) is 0. The average molecular weight is 395 g/mol. The zero-order valence-corrected chi connectivity index (χ0v) is 15.4. The lowest BCUT2D eigenvalue weighted by atomic mass is 9.93. The van der Waals surface area contributed by atoms with Gasteiger partial charge in [0.1, 0.15) is 5.75 Å². The Labute approximate surface area is 160 Å². The number of para-hydroxylation sites is 3. The third kappa shape index (κ3) is 2.91. The smallest absolute Gasteiger partial charge is 0.253 e. The highest BCUT2D eigenvalue weighted by molar-refractivity contribution is 6.77. The van der Waals surface area contributed by atoms with Gasteiger partial charge in [0.2, 0.25) is 5.78 Å². The van der Waals surface area contributed by atoms with Crippen molar-refractivity contribution in [1.82, 2.24) is 0 Å². The molecule has 0 N–H and O–H groups in total. The van der Waals surface area contributed by atoms with Gasteiger partial charge in [0.25, 0.3) is 3.79 Å². The van der Waals surface area contributed by atoms with Crippen LogP contribution in [-0.4, -0.2) is 16.1 Å². The van der Waals surface area contributed by atoms with Gasteiger partial charge in [0, 0.05) is 17.7 Å². The molecule has 0 spiro atoms. The van der Waals surface area contributed by atoms with Crippen molar-refractivity contribution in [2.45, 2.75) is 16.6 Å². The van der Waals surface area contributed by atoms with Crippen LogP contribution >= 0.6 is 34.8 Å². The normalized spacial score (nSPS) is 16.4. The van der Waals surface area contributed by atoms with E-state index in [1.54, 1.807) is 0 Å². The molecule has 0 fully saturated rings. The van der Waals surface area contributed by atoms with Crippen molar-refractivity contribution in [3.63, 3.8) is 0 Å². The van der Waals surface area contributed by atoms with Crippen LogP contribution in [0.2, 0.25) is 0 Å². The number of benzene rings is 2. The molecule has 0 unspecified atom stereocenters. The number of fused-ring (bicyclic) bond motifs is 5. The van der Waals surface area contributed by atoms with Crippen molar-refractivity contribution in [1.29, 1.82) is 0 Å². The minimum Gasteiger partial charge on any atom is -0.454 e. The van der Waals surface area contributed by atoms with Crippen molar-refractivity contribution < 1.29 is 9.53 Å². The van der Waals surface area contributed by atoms with Gasteiger partial charge in [-0.2, -0.15) is 0 Å². The number of hydrogen-bond donors (Lipinski definition) is 0. The van der Waals surface area contributed by atoms with E-state index in [2.05, 4.69) is 4.90 Å². The molecule has 2 aromatic carbocycles. The maximum Gasteiger partial charge on any atom is 0.253 e. The summed E-state index contributed by atoms with van der Waals surface area (Å²) in [6.07, 6.45) is 1.36. The molecule has 2 aromatic rings. The number of ether oxygens (including phenoxy) is 1. The Morgan fingerprint density at radius 2 is 1.68 bits per heavy atom. The van der Waals surface area contributed by atoms with Crippen LogP contribution in [0.15, 0.2) is 54.1 Å². The number of anilines is 1. The first-order valence-electron chi connectivity index (χ1n) is 7.95. The third-order valence-corrected chi connectivity index (χ3v) is 4.93. The van der Waals surface area contributed by atoms with E-state index in [1.165, 1.54) is 0 Å². The van der Waals surface area contributed by atoms with E-state index in [0.29, 0.717) is 17.7 Å². The second-order valence-electron chi connectivity index (χ2n) is 5.98. The Kier molecular flexibility index (Phi) is 4.19. The Balaban J connectivity index is 2.02. The fourth-order valence-corrected chi connectivity index (χ4v) is 3.73. The first kappa shape index (κ1) is 16.8. The van der Waals surface area contributed by atoms with Crippen LogP contribution in [0.25, 0.3) is 5.70 Å². The number of allylic oxidation sites excluding steroid dienone is 1. The van der Waals surface area contributed by atoms with Gasteiger partial charge in [-0.1, -0.05) is 59.1 Å². The Hall–Kier alpha value is -1.68. The Morgan fingerprint density at radius 1 is 1.00 bits per heavy atom. The monoisotopic (exact) mass is 393 g/mol. The molecule has 0 aromatic heterocycles. The quantitative estimate of drug-likeness (QED) is 0.577. The number of ketones is 1. The van der Waals surface area contributed by atoms with Gasteiger partial charge in [0.15, 0.2) is 5.75 Å². The van der Waals surface area contributed by atoms with E-state index < -0.39 is 9.58 Å². The molecule has 2 heterocycles. The SMILES string of the molecule is O=C(C1=C2c3ccccc3Oc3ccccc3N2CCC1)C(Cl)(Cl)Cl. The van der Waals surface area contributed by atoms with Crippen LogP contribution in [0.5, 0.6) is 11.5 Å². The number of carbonyl (C=O) groups is 1. The minimum atomic E-state index is -1.98. The summed E-state index contributed by atoms with van der Waals surface area (Å²) in [7, 11) is 0. The van der Waals surface area contributed by atoms with Gasteiger partial charge in [0.05, 0.1) is 11.4 Å². The summed E-state index contributed by atoms with van der Waals surface area (Å²) in [4.78, 5) is 14.9. The maximum absolute atomic E-state index is 12.8. The number of nitrogens with zero attached hydrogens (tertiary/aromatic N) is 1. The summed E-state index contributed by atoms with van der Waals surface area (Å²) in [5.74, 6) is 0.947. The van der Waals surface area contributed by atoms with Crippen LogP contribution in [-0.2, 0) is 4.79 Å². The first-order valence-corrected chi connectivity index (χ1v) is 9.08. The molecule has 3 nitrogen and oxygen atoms in total. The van der Waals surface area contributed by atoms with E-state index in [1.807, 2.05) is 48.5 Å². The number of hydrogen-bond acceptors (Lipinski definition) is 3. The van der Waals surface area contributed by atoms with Gasteiger partial charge < -0.3 is 9.64 Å². The number of Topliss-reactive ketones (excluding diaryl/α,β-unsaturated/α-hetero) is 1. The molecule has 0 bridgehead atoms. The average Bonchev–Trinajstić information content (AvgIpc) is 2.75. The molecule has 128 valence electrons. The molecule has 2 aliphatic heterocycles. The second-order valence-corrected chi connectivity index (χ2v) is 8.26. The summed E-state index contributed by atoms with van der Waals surface area (Å²) < 4.78 is 4.14. The molecular weight excluding hydrogens is 381 g/mol. The van der Waals surface area contributed by atoms with Crippen LogP contribution in [0, 0.1) is 0 Å². The fourth-order valence-electron chi connectivity index (χ4n) is 3.38. The molecule has 0 saturated carbocycles. The zero-order chi connectivity index (χ0) is 17.6. The Bertz CT molecular complexity index is 886. The van der Waals surface area contributed by atoms with Crippen LogP contribution < -0.4 is 9.64 Å². The molecule has 2 aliphatic rings. The summed E-state index contributed by atoms with van der Waals surface area (Å²) in [5.41, 5.74) is 3.03. The van der Waals surface area contributed by atoms with Gasteiger partial charge in [-0.3, -0.25) is 4.79 Å². The van der Waals surface area contributed by atoms with Crippen molar-refractivity contribution in [3.8, 4) is 11.5 Å². The van der Waals surface area contributed by atoms with E-state index in [-0.39, 0.29) is 0 Å². The topological polar surface area (TPSA) is 29.5 Å². The number of rotatable bonds is 1. The molecule has 0 saturated heterocycles. The molecular formula is C19H14Cl3NO2. The second kappa shape index (κ2) is 6.24. The molecule has 0 amide bonds. The first-order chi connectivity index (χ1) is 12.0. The molecule has 4 rings (SSSR count). The molecule has 6 heteroatoms. The summed E-state index contributed by atoms with van der Waals surface area (Å²) >= 11 is 17.7. The van der Waals surface area contributed by atoms with Gasteiger partial charge in [-0.05, 0) is 37.1 Å². The highest BCUT2D eigenvalue weighted by atomic mass is 35.6. The fraction of sp³-hybridized carbons (Fsp3) is 0.211. The highest BCUT2D eigenvalue weighted by Crippen LogP contribution is 2.48. The number of halogens is 3. The lowest BCUT2D eigenvalue weighted by molar-refractivity contribution is -0.114. The molecule has 0 aliphatic carbocycles. The lowest BCUT2D eigenvalue weighted by Gasteiger charge is -2.33. The highest BCUT2D eigenvalue weighted by Gasteiger charge is 2.39. The van der Waals surface area contributed by atoms with Crippen molar-refractivity contribution in [2.75, 3.05) is 11.4 Å². The molecule has 25 heavy (non-hydrogen) atoms. The van der Waals surface area contributed by atoms with E-state index in [0.717, 1.165) is 35.7 Å². The third-order valence-electron chi connectivity index (χ3n) is 4.41. The predicted octanol–water partition coefficient (Wildman–Crippen LogP) is 5.74. The van der Waals surface area contributed by atoms with Gasteiger partial charge in [-0.25, -0.2) is 0 Å². The molecule has 0 radical (unpaired) electrons. The predicted molar refractivity (Wildman–Crippen MR) is 102 cm³/mol. The van der Waals surface area contributed by atoms with E-state index in [9.17, 15) is 4.79 Å². The zero-order valence-electron chi connectivity index (χ0n) is 13.1. The van der Waals surface area contributed by atoms with E-state index >= 15 is 0 Å². The van der Waals surface area contributed by atoms with Crippen LogP contribution in [0.1, 0.15) is 18.4 Å². The largest absolute Gasteiger partial charge is 0.454 e. The van der Waals surface area contributed by atoms with Crippen molar-refractivity contribution in [3.05, 3.63) is 59.7 Å². The standard InChI is InChI=1S/C19H14Cl3NO2/c20-19(21,22)18(24)13-7-5-11-23-14-8-2-4-10-16(14)25-15-9-3-1-6-12(15)17(13)23/h1-4,6,8-10H,5,7,11H2. The van der Waals surface area contributed by atoms with Crippen molar-refractivity contribution in [2.24, 2.45) is 0 Å². The summed E-state index contributed by atoms with van der Waals surface area (Å²) in [6.45, 7) is 0.765. The van der Waals surface area contributed by atoms with Gasteiger partial charge in [-0.15, -0.1) is 0 Å². The molecule has 0 atom stereocenters. The van der Waals surface area contributed by atoms with Gasteiger partial charge >= 0.3 is 0 Å². The van der Waals surface area contributed by atoms with Crippen LogP contribution in [0.4, 0.5) is 5.69 Å². The number of alkyl halides is 3. The van der Waals surface area contributed by atoms with Crippen LogP contribution in [0.3, 0.4) is 0 Å².